The van der Waals surface area contributed by atoms with Crippen LogP contribution in [-0.4, -0.2) is 54.4 Å². The summed E-state index contributed by atoms with van der Waals surface area (Å²) in [6.45, 7) is 1.84. The molecule has 20 heavy (non-hydrogen) atoms. The number of aliphatic hydroxyl groups is 1. The Morgan fingerprint density at radius 2 is 2.10 bits per heavy atom. The SMILES string of the molecule is CC(=O)OC[C@H]1OC(O)C(F)C(N=[N+]=[N-])[C@@H]1OC(C)=O. The van der Waals surface area contributed by atoms with E-state index in [-0.39, 0.29) is 6.61 Å². The van der Waals surface area contributed by atoms with Gasteiger partial charge in [-0.2, -0.15) is 0 Å². The number of alkyl halides is 1. The summed E-state index contributed by atoms with van der Waals surface area (Å²) < 4.78 is 28.2. The molecule has 0 aromatic heterocycles. The number of carbonyl (C=O) groups excluding carboxylic acids is 2. The van der Waals surface area contributed by atoms with E-state index in [2.05, 4.69) is 14.8 Å². The van der Waals surface area contributed by atoms with Crippen LogP contribution in [0.15, 0.2) is 5.11 Å². The lowest BCUT2D eigenvalue weighted by atomic mass is 9.98. The van der Waals surface area contributed by atoms with E-state index < -0.39 is 42.7 Å². The maximum absolute atomic E-state index is 13.8. The number of nitrogens with zero attached hydrogens (tertiary/aromatic N) is 3. The maximum Gasteiger partial charge on any atom is 0.303 e. The fraction of sp³-hybridized carbons (Fsp3) is 0.800. The Morgan fingerprint density at radius 3 is 2.60 bits per heavy atom. The fourth-order valence-corrected chi connectivity index (χ4v) is 1.76. The van der Waals surface area contributed by atoms with E-state index in [0.717, 1.165) is 13.8 Å². The van der Waals surface area contributed by atoms with E-state index in [9.17, 15) is 19.1 Å². The highest BCUT2D eigenvalue weighted by Gasteiger charge is 2.47. The lowest BCUT2D eigenvalue weighted by molar-refractivity contribution is -0.250. The topological polar surface area (TPSA) is 131 Å². The molecule has 5 atom stereocenters. The average molecular weight is 291 g/mol. The second kappa shape index (κ2) is 7.04. The van der Waals surface area contributed by atoms with Crippen LogP contribution in [0.2, 0.25) is 0 Å². The van der Waals surface area contributed by atoms with E-state index in [4.69, 9.17) is 15.0 Å². The molecular weight excluding hydrogens is 277 g/mol. The van der Waals surface area contributed by atoms with Gasteiger partial charge >= 0.3 is 11.9 Å². The molecule has 0 amide bonds. The van der Waals surface area contributed by atoms with Crippen LogP contribution in [0.4, 0.5) is 4.39 Å². The number of halogens is 1. The molecule has 10 heteroatoms. The third-order valence-corrected chi connectivity index (χ3v) is 2.55. The smallest absolute Gasteiger partial charge is 0.303 e. The molecule has 1 aliphatic rings. The largest absolute Gasteiger partial charge is 0.463 e. The molecule has 1 fully saturated rings. The van der Waals surface area contributed by atoms with Crippen LogP contribution >= 0.6 is 0 Å². The Hall–Kier alpha value is -1.90. The fourth-order valence-electron chi connectivity index (χ4n) is 1.76. The molecule has 1 aliphatic heterocycles. The average Bonchev–Trinajstić information content (AvgIpc) is 2.35. The molecule has 0 aromatic rings. The Bertz CT molecular complexity index is 427. The van der Waals surface area contributed by atoms with Crippen molar-refractivity contribution in [2.75, 3.05) is 6.61 Å². The first kappa shape index (κ1) is 16.2. The van der Waals surface area contributed by atoms with Crippen molar-refractivity contribution in [1.29, 1.82) is 0 Å². The van der Waals surface area contributed by atoms with Crippen LogP contribution in [0, 0.1) is 0 Å². The van der Waals surface area contributed by atoms with Crippen LogP contribution in [0.5, 0.6) is 0 Å². The summed E-state index contributed by atoms with van der Waals surface area (Å²) in [6, 6.07) is -1.48. The van der Waals surface area contributed by atoms with Gasteiger partial charge in [0.25, 0.3) is 0 Å². The van der Waals surface area contributed by atoms with Crippen LogP contribution in [0.1, 0.15) is 13.8 Å². The number of aliphatic hydroxyl groups excluding tert-OH is 1. The number of hydrogen-bond acceptors (Lipinski definition) is 7. The minimum Gasteiger partial charge on any atom is -0.463 e. The molecule has 0 bridgehead atoms. The highest BCUT2D eigenvalue weighted by Crippen LogP contribution is 2.27. The first-order chi connectivity index (χ1) is 9.36. The summed E-state index contributed by atoms with van der Waals surface area (Å²) >= 11 is 0. The Balaban J connectivity index is 2.95. The van der Waals surface area contributed by atoms with Crippen LogP contribution in [0.25, 0.3) is 10.4 Å². The molecule has 0 saturated carbocycles. The molecule has 1 heterocycles. The molecule has 1 saturated heterocycles. The first-order valence-electron chi connectivity index (χ1n) is 5.69. The lowest BCUT2D eigenvalue weighted by Gasteiger charge is -2.39. The number of ether oxygens (including phenoxy) is 3. The number of hydrogen-bond donors (Lipinski definition) is 1. The monoisotopic (exact) mass is 291 g/mol. The third kappa shape index (κ3) is 4.05. The van der Waals surface area contributed by atoms with Crippen molar-refractivity contribution >= 4 is 11.9 Å². The second-order valence-corrected chi connectivity index (χ2v) is 4.08. The van der Waals surface area contributed by atoms with Crippen molar-refractivity contribution in [3.63, 3.8) is 0 Å². The van der Waals surface area contributed by atoms with Gasteiger partial charge in [0.1, 0.15) is 24.9 Å². The summed E-state index contributed by atoms with van der Waals surface area (Å²) in [5.41, 5.74) is 8.42. The summed E-state index contributed by atoms with van der Waals surface area (Å²) in [5.74, 6) is -1.39. The molecule has 112 valence electrons. The van der Waals surface area contributed by atoms with Crippen molar-refractivity contribution in [1.82, 2.24) is 0 Å². The maximum atomic E-state index is 13.8. The Morgan fingerprint density at radius 1 is 1.45 bits per heavy atom. The van der Waals surface area contributed by atoms with Gasteiger partial charge in [-0.05, 0) is 5.53 Å². The van der Waals surface area contributed by atoms with Gasteiger partial charge in [0.05, 0.1) is 0 Å². The molecule has 9 nitrogen and oxygen atoms in total. The van der Waals surface area contributed by atoms with Gasteiger partial charge in [-0.3, -0.25) is 9.59 Å². The summed E-state index contributed by atoms with van der Waals surface area (Å²) in [4.78, 5) is 24.2. The second-order valence-electron chi connectivity index (χ2n) is 4.08. The molecule has 0 spiro atoms. The minimum atomic E-state index is -2.07. The Kier molecular flexibility index (Phi) is 5.68. The van der Waals surface area contributed by atoms with Crippen LogP contribution < -0.4 is 0 Å². The zero-order valence-electron chi connectivity index (χ0n) is 10.8. The van der Waals surface area contributed by atoms with Gasteiger partial charge in [-0.1, -0.05) is 5.11 Å². The van der Waals surface area contributed by atoms with Gasteiger partial charge in [0, 0.05) is 18.8 Å². The van der Waals surface area contributed by atoms with Crippen molar-refractivity contribution in [3.05, 3.63) is 10.4 Å². The van der Waals surface area contributed by atoms with Crippen LogP contribution in [0.3, 0.4) is 0 Å². The number of azide groups is 1. The highest BCUT2D eigenvalue weighted by molar-refractivity contribution is 5.66. The van der Waals surface area contributed by atoms with E-state index in [1.165, 1.54) is 0 Å². The zero-order valence-corrected chi connectivity index (χ0v) is 10.8. The van der Waals surface area contributed by atoms with Gasteiger partial charge in [0.2, 0.25) is 0 Å². The predicted molar refractivity (Wildman–Crippen MR) is 60.9 cm³/mol. The molecular formula is C10H14FN3O6. The van der Waals surface area contributed by atoms with Crippen molar-refractivity contribution in [2.45, 2.75) is 44.6 Å². The number of esters is 2. The van der Waals surface area contributed by atoms with Gasteiger partial charge in [-0.25, -0.2) is 4.39 Å². The first-order valence-corrected chi connectivity index (χ1v) is 5.69. The van der Waals surface area contributed by atoms with Crippen LogP contribution in [-0.2, 0) is 23.8 Å². The van der Waals surface area contributed by atoms with Gasteiger partial charge in [-0.15, -0.1) is 0 Å². The quantitative estimate of drug-likeness (QED) is 0.341. The normalized spacial score (nSPS) is 32.9. The molecule has 0 aliphatic carbocycles. The standard InChI is InChI=1S/C10H14FN3O6/c1-4(15)18-3-6-9(19-5(2)16)8(13-14-12)7(11)10(17)20-6/h6-10,17H,3H2,1-2H3/t6-,7?,8?,9-,10?/m1/s1. The highest BCUT2D eigenvalue weighted by atomic mass is 19.1. The number of rotatable bonds is 4. The summed E-state index contributed by atoms with van der Waals surface area (Å²) in [6.07, 6.45) is -6.39. The minimum absolute atomic E-state index is 0.380. The number of carbonyl (C=O) groups is 2. The summed E-state index contributed by atoms with van der Waals surface area (Å²) in [7, 11) is 0. The van der Waals surface area contributed by atoms with E-state index in [1.54, 1.807) is 0 Å². The lowest BCUT2D eigenvalue weighted by Crippen LogP contribution is -2.57. The molecule has 3 unspecified atom stereocenters. The Labute approximate surface area is 113 Å². The molecule has 1 N–H and O–H groups in total. The molecule has 0 aromatic carbocycles. The predicted octanol–water partition coefficient (Wildman–Crippen LogP) is 0.215. The molecule has 1 rings (SSSR count). The van der Waals surface area contributed by atoms with E-state index >= 15 is 0 Å². The third-order valence-electron chi connectivity index (χ3n) is 2.55. The van der Waals surface area contributed by atoms with Crippen molar-refractivity contribution in [2.24, 2.45) is 5.11 Å². The van der Waals surface area contributed by atoms with Crippen molar-refractivity contribution in [3.8, 4) is 0 Å². The molecule has 0 radical (unpaired) electrons. The van der Waals surface area contributed by atoms with Gasteiger partial charge < -0.3 is 19.3 Å². The summed E-state index contributed by atoms with van der Waals surface area (Å²) in [5, 5.41) is 12.6. The zero-order chi connectivity index (χ0) is 15.3. The van der Waals surface area contributed by atoms with Gasteiger partial charge in [0.15, 0.2) is 12.5 Å². The van der Waals surface area contributed by atoms with Crippen molar-refractivity contribution < 1.29 is 33.3 Å². The van der Waals surface area contributed by atoms with E-state index in [0.29, 0.717) is 0 Å². The van der Waals surface area contributed by atoms with E-state index in [1.807, 2.05) is 0 Å².